The van der Waals surface area contributed by atoms with Gasteiger partial charge in [-0.15, -0.1) is 0 Å². The first-order chi connectivity index (χ1) is 7.70. The molecule has 0 saturated carbocycles. The highest BCUT2D eigenvalue weighted by molar-refractivity contribution is 5.77. The highest BCUT2D eigenvalue weighted by Crippen LogP contribution is 1.90. The Morgan fingerprint density at radius 3 is 2.80 bits per heavy atom. The van der Waals surface area contributed by atoms with E-state index in [-0.39, 0.29) is 19.0 Å². The minimum absolute atomic E-state index is 0.0363. The average molecular weight is 216 g/mol. The fourth-order valence-corrected chi connectivity index (χ4v) is 1.13. The Hall–Kier alpha value is -0.610. The monoisotopic (exact) mass is 216 g/mol. The molecule has 4 nitrogen and oxygen atoms in total. The van der Waals surface area contributed by atoms with Gasteiger partial charge in [-0.2, -0.15) is 0 Å². The number of amides is 1. The molecule has 0 heterocycles. The summed E-state index contributed by atoms with van der Waals surface area (Å²) in [4.78, 5) is 11.3. The van der Waals surface area contributed by atoms with Gasteiger partial charge in [0.1, 0.15) is 0 Å². The van der Waals surface area contributed by atoms with Crippen molar-refractivity contribution in [3.63, 3.8) is 0 Å². The Morgan fingerprint density at radius 2 is 2.13 bits per heavy atom. The van der Waals surface area contributed by atoms with Gasteiger partial charge in [-0.05, 0) is 32.3 Å². The Kier molecular flexibility index (Phi) is 9.52. The van der Waals surface area contributed by atoms with E-state index in [2.05, 4.69) is 17.6 Å². The number of rotatable bonds is 10. The summed E-state index contributed by atoms with van der Waals surface area (Å²) in [7, 11) is 0. The normalized spacial score (nSPS) is 13.3. The molecule has 0 rings (SSSR count). The Morgan fingerprint density at radius 1 is 1.33 bits per heavy atom. The van der Waals surface area contributed by atoms with Crippen molar-refractivity contribution in [2.24, 2.45) is 5.73 Å². The first kappa shape index (κ1) is 12.5. The topological polar surface area (TPSA) is 67.2 Å². The van der Waals surface area contributed by atoms with Crippen molar-refractivity contribution in [3.8, 4) is 0 Å². The minimum atomic E-state index is -0.324. The smallest absolute Gasteiger partial charge is 0.233 e. The molecule has 0 spiro atoms. The first-order valence-electron chi connectivity index (χ1n) is 6.40. The van der Waals surface area contributed by atoms with E-state index in [0.29, 0.717) is 13.1 Å². The van der Waals surface area contributed by atoms with Gasteiger partial charge >= 0.3 is 0 Å². The van der Waals surface area contributed by atoms with Crippen LogP contribution in [-0.4, -0.2) is 32.1 Å². The van der Waals surface area contributed by atoms with E-state index in [1.807, 2.05) is 0 Å². The van der Waals surface area contributed by atoms with Crippen molar-refractivity contribution < 1.29 is 6.17 Å². The highest BCUT2D eigenvalue weighted by Gasteiger charge is 1.98. The number of hydrogen-bond donors (Lipinski definition) is 3. The third-order valence-corrected chi connectivity index (χ3v) is 2.06. The van der Waals surface area contributed by atoms with E-state index in [1.54, 1.807) is 0 Å². The Labute approximate surface area is 94.4 Å². The molecule has 0 unspecified atom stereocenters. The van der Waals surface area contributed by atoms with Crippen LogP contribution in [0.15, 0.2) is 0 Å². The zero-order valence-corrected chi connectivity index (χ0v) is 9.72. The molecule has 90 valence electrons. The summed E-state index contributed by atoms with van der Waals surface area (Å²) in [5.41, 5.74) is 5.34. The maximum absolute atomic E-state index is 11.3. The fraction of sp³-hybridized carbons (Fsp3) is 0.909. The van der Waals surface area contributed by atoms with Crippen LogP contribution in [0.4, 0.5) is 0 Å². The number of unbranched alkanes of at least 4 members (excludes halogenated alkanes) is 2. The van der Waals surface area contributed by atoms with Crippen LogP contribution in [0.5, 0.6) is 0 Å². The summed E-state index contributed by atoms with van der Waals surface area (Å²) >= 11 is 0. The lowest BCUT2D eigenvalue weighted by Gasteiger charge is -2.05. The summed E-state index contributed by atoms with van der Waals surface area (Å²) in [5.74, 6) is -0.0363. The fourth-order valence-electron chi connectivity index (χ4n) is 1.13. The molecule has 1 atom stereocenters. The highest BCUT2D eigenvalue weighted by atomic mass is 16.1. The molecule has 0 aliphatic heterocycles. The second-order valence-corrected chi connectivity index (χ2v) is 3.57. The van der Waals surface area contributed by atoms with E-state index >= 15 is 0 Å². The van der Waals surface area contributed by atoms with E-state index in [4.69, 9.17) is 7.10 Å². The van der Waals surface area contributed by atoms with Crippen molar-refractivity contribution in [2.45, 2.75) is 39.0 Å². The van der Waals surface area contributed by atoms with Gasteiger partial charge in [0.15, 0.2) is 0 Å². The summed E-state index contributed by atoms with van der Waals surface area (Å²) in [6.07, 6.45) is 4.77. The Balaban J connectivity index is 3.35. The van der Waals surface area contributed by atoms with Crippen molar-refractivity contribution in [1.29, 1.82) is 0 Å². The summed E-state index contributed by atoms with van der Waals surface area (Å²) in [6, 6.07) is 0. The maximum atomic E-state index is 11.3. The number of carbonyl (C=O) groups is 1. The zero-order chi connectivity index (χ0) is 12.2. The summed E-state index contributed by atoms with van der Waals surface area (Å²) in [5, 5.41) is 5.68. The molecule has 0 bridgehead atoms. The van der Waals surface area contributed by atoms with Crippen LogP contribution in [0.2, 0.25) is 0 Å². The lowest BCUT2D eigenvalue weighted by molar-refractivity contribution is -0.120. The van der Waals surface area contributed by atoms with Crippen LogP contribution >= 0.6 is 0 Å². The van der Waals surface area contributed by atoms with Gasteiger partial charge in [-0.1, -0.05) is 19.8 Å². The number of carbonyl (C=O) groups excluding carboxylic acids is 1. The summed E-state index contributed by atoms with van der Waals surface area (Å²) in [6.45, 7) is 3.35. The summed E-state index contributed by atoms with van der Waals surface area (Å²) < 4.78 is 7.60. The van der Waals surface area contributed by atoms with E-state index in [9.17, 15) is 4.79 Å². The molecule has 1 amide bonds. The maximum Gasteiger partial charge on any atom is 0.233 e. The molecule has 0 saturated heterocycles. The Bertz CT molecular complexity index is 179. The molecule has 0 aromatic rings. The third kappa shape index (κ3) is 11.3. The quantitative estimate of drug-likeness (QED) is 0.469. The molecule has 4 N–H and O–H groups in total. The second kappa shape index (κ2) is 11.5. The van der Waals surface area contributed by atoms with E-state index < -0.39 is 0 Å². The third-order valence-electron chi connectivity index (χ3n) is 2.06. The predicted octanol–water partition coefficient (Wildman–Crippen LogP) is 0.621. The largest absolute Gasteiger partial charge is 0.355 e. The van der Waals surface area contributed by atoms with Gasteiger partial charge in [0.25, 0.3) is 0 Å². The van der Waals surface area contributed by atoms with Crippen molar-refractivity contribution in [1.82, 2.24) is 10.6 Å². The van der Waals surface area contributed by atoms with Crippen molar-refractivity contribution >= 4 is 5.91 Å². The van der Waals surface area contributed by atoms with Crippen LogP contribution in [0.3, 0.4) is 0 Å². The standard InChI is InChI=1S/C11H25N3O/c1-2-3-5-8-13-10-11(15)14-9-6-4-7-12/h13H,2-10,12H2,1H3,(H,14,15)/i8D/t8-/m0/s1. The van der Waals surface area contributed by atoms with E-state index in [0.717, 1.165) is 32.1 Å². The molecule has 0 aromatic carbocycles. The van der Waals surface area contributed by atoms with Crippen LogP contribution in [-0.2, 0) is 4.79 Å². The SMILES string of the molecule is [2H][C@@H](CCCC)NCC(=O)NCCCCN. The molecule has 4 heteroatoms. The minimum Gasteiger partial charge on any atom is -0.355 e. The van der Waals surface area contributed by atoms with Crippen LogP contribution < -0.4 is 16.4 Å². The van der Waals surface area contributed by atoms with Crippen LogP contribution in [0.1, 0.15) is 40.4 Å². The van der Waals surface area contributed by atoms with Gasteiger partial charge in [-0.25, -0.2) is 0 Å². The van der Waals surface area contributed by atoms with Gasteiger partial charge in [0.05, 0.1) is 6.54 Å². The molecular weight excluding hydrogens is 190 g/mol. The molecule has 0 radical (unpaired) electrons. The molecule has 0 aliphatic carbocycles. The number of nitrogens with two attached hydrogens (primary N) is 1. The second-order valence-electron chi connectivity index (χ2n) is 3.57. The van der Waals surface area contributed by atoms with Gasteiger partial charge < -0.3 is 16.4 Å². The first-order valence-corrected chi connectivity index (χ1v) is 5.83. The lowest BCUT2D eigenvalue weighted by Crippen LogP contribution is -2.34. The average Bonchev–Trinajstić information content (AvgIpc) is 2.29. The lowest BCUT2D eigenvalue weighted by atomic mass is 10.2. The van der Waals surface area contributed by atoms with Gasteiger partial charge in [-0.3, -0.25) is 4.79 Å². The molecule has 0 aromatic heterocycles. The van der Waals surface area contributed by atoms with Crippen LogP contribution in [0.25, 0.3) is 0 Å². The zero-order valence-electron chi connectivity index (χ0n) is 10.7. The predicted molar refractivity (Wildman–Crippen MR) is 63.7 cm³/mol. The molecular formula is C11H25N3O. The molecule has 0 aliphatic rings. The molecule has 15 heavy (non-hydrogen) atoms. The molecule has 0 fully saturated rings. The van der Waals surface area contributed by atoms with Gasteiger partial charge in [0, 0.05) is 7.92 Å². The number of hydrogen-bond acceptors (Lipinski definition) is 3. The number of nitrogens with one attached hydrogen (secondary N) is 2. The van der Waals surface area contributed by atoms with Crippen LogP contribution in [0, 0.1) is 0 Å². The van der Waals surface area contributed by atoms with E-state index in [1.165, 1.54) is 0 Å². The van der Waals surface area contributed by atoms with Crippen molar-refractivity contribution in [2.75, 3.05) is 26.2 Å². The van der Waals surface area contributed by atoms with Crippen molar-refractivity contribution in [3.05, 3.63) is 0 Å². The van der Waals surface area contributed by atoms with Gasteiger partial charge in [0.2, 0.25) is 5.91 Å².